The van der Waals surface area contributed by atoms with E-state index in [1.807, 2.05) is 24.3 Å². The molecule has 2 aromatic carbocycles. The number of ether oxygens (including phenoxy) is 4. The van der Waals surface area contributed by atoms with Crippen LogP contribution in [0.15, 0.2) is 48.5 Å². The van der Waals surface area contributed by atoms with E-state index in [1.165, 1.54) is 19.8 Å². The maximum absolute atomic E-state index is 12.0. The van der Waals surface area contributed by atoms with Crippen molar-refractivity contribution in [3.63, 3.8) is 0 Å². The third kappa shape index (κ3) is 6.38. The van der Waals surface area contributed by atoms with Gasteiger partial charge in [0.2, 0.25) is 0 Å². The van der Waals surface area contributed by atoms with Crippen LogP contribution in [0.5, 0.6) is 11.5 Å². The molecule has 0 atom stereocenters. The molecule has 0 radical (unpaired) electrons. The van der Waals surface area contributed by atoms with Crippen LogP contribution in [-0.4, -0.2) is 33.2 Å². The van der Waals surface area contributed by atoms with Crippen LogP contribution >= 0.6 is 0 Å². The molecule has 1 N–H and O–H groups in total. The van der Waals surface area contributed by atoms with Gasteiger partial charge < -0.3 is 18.9 Å². The topological polar surface area (TPSA) is 66.0 Å². The number of anilines is 1. The van der Waals surface area contributed by atoms with Crippen molar-refractivity contribution in [1.29, 1.82) is 0 Å². The fourth-order valence-corrected chi connectivity index (χ4v) is 2.32. The van der Waals surface area contributed by atoms with Gasteiger partial charge in [-0.2, -0.15) is 0 Å². The molecule has 0 saturated carbocycles. The Bertz CT molecular complexity index is 683. The fraction of sp³-hybridized carbons (Fsp3) is 0.350. The normalized spacial score (nSPS) is 10.6. The third-order valence-electron chi connectivity index (χ3n) is 3.67. The molecule has 2 rings (SSSR count). The second-order valence-corrected chi connectivity index (χ2v) is 5.65. The highest BCUT2D eigenvalue weighted by Crippen LogP contribution is 2.20. The van der Waals surface area contributed by atoms with E-state index in [0.29, 0.717) is 17.2 Å². The quantitative estimate of drug-likeness (QED) is 0.678. The predicted octanol–water partition coefficient (Wildman–Crippen LogP) is 4.25. The van der Waals surface area contributed by atoms with Gasteiger partial charge in [0.1, 0.15) is 18.1 Å². The Balaban J connectivity index is 1.89. The minimum atomic E-state index is -0.558. The molecule has 6 nitrogen and oxygen atoms in total. The summed E-state index contributed by atoms with van der Waals surface area (Å²) in [6.45, 7) is 2.36. The molecule has 140 valence electrons. The summed E-state index contributed by atoms with van der Waals surface area (Å²) in [6.07, 6.45) is 1.09. The second kappa shape index (κ2) is 10.4. The van der Waals surface area contributed by atoms with Gasteiger partial charge in [0.15, 0.2) is 6.29 Å². The summed E-state index contributed by atoms with van der Waals surface area (Å²) < 4.78 is 21.0. The van der Waals surface area contributed by atoms with Gasteiger partial charge >= 0.3 is 6.09 Å². The Kier molecular flexibility index (Phi) is 7.92. The molecular weight excluding hydrogens is 334 g/mol. The number of amides is 1. The van der Waals surface area contributed by atoms with Crippen LogP contribution in [0.1, 0.15) is 18.9 Å². The first-order valence-electron chi connectivity index (χ1n) is 8.50. The van der Waals surface area contributed by atoms with Gasteiger partial charge in [-0.3, -0.25) is 5.32 Å². The molecule has 0 aromatic heterocycles. The Hall–Kier alpha value is -2.57. The first kappa shape index (κ1) is 19.8. The predicted molar refractivity (Wildman–Crippen MR) is 99.8 cm³/mol. The van der Waals surface area contributed by atoms with Crippen LogP contribution in [-0.2, 0) is 15.9 Å². The number of rotatable bonds is 9. The molecule has 6 heteroatoms. The number of carbonyl (C=O) groups is 1. The van der Waals surface area contributed by atoms with Crippen molar-refractivity contribution in [1.82, 2.24) is 0 Å². The Morgan fingerprint density at radius 3 is 2.38 bits per heavy atom. The Morgan fingerprint density at radius 2 is 1.73 bits per heavy atom. The average Bonchev–Trinajstić information content (AvgIpc) is 2.65. The van der Waals surface area contributed by atoms with Gasteiger partial charge in [0, 0.05) is 26.0 Å². The summed E-state index contributed by atoms with van der Waals surface area (Å²) in [7, 11) is 3.08. The molecule has 0 unspecified atom stereocenters. The summed E-state index contributed by atoms with van der Waals surface area (Å²) in [5.74, 6) is 0.937. The molecule has 0 bridgehead atoms. The van der Waals surface area contributed by atoms with Crippen molar-refractivity contribution in [2.24, 2.45) is 0 Å². The second-order valence-electron chi connectivity index (χ2n) is 5.65. The Labute approximate surface area is 154 Å². The lowest BCUT2D eigenvalue weighted by atomic mass is 10.1. The molecule has 2 aromatic rings. The monoisotopic (exact) mass is 359 g/mol. The average molecular weight is 359 g/mol. The smallest absolute Gasteiger partial charge is 0.417 e. The van der Waals surface area contributed by atoms with Gasteiger partial charge in [-0.25, -0.2) is 4.79 Å². The van der Waals surface area contributed by atoms with Crippen LogP contribution in [0.25, 0.3) is 0 Å². The van der Waals surface area contributed by atoms with Crippen LogP contribution in [0.3, 0.4) is 0 Å². The van der Waals surface area contributed by atoms with E-state index in [2.05, 4.69) is 12.2 Å². The molecule has 0 heterocycles. The van der Waals surface area contributed by atoms with Crippen molar-refractivity contribution < 1.29 is 23.7 Å². The number of methoxy groups -OCH3 is 2. The van der Waals surface area contributed by atoms with Crippen LogP contribution in [0.4, 0.5) is 10.5 Å². The van der Waals surface area contributed by atoms with Crippen molar-refractivity contribution >= 4 is 11.8 Å². The Morgan fingerprint density at radius 1 is 1.04 bits per heavy atom. The van der Waals surface area contributed by atoms with Crippen molar-refractivity contribution in [2.75, 3.05) is 26.1 Å². The first-order valence-corrected chi connectivity index (χ1v) is 8.50. The molecular formula is C20H25NO5. The number of nitrogens with one attached hydrogen (secondary N) is 1. The fourth-order valence-electron chi connectivity index (χ4n) is 2.32. The lowest BCUT2D eigenvalue weighted by Crippen LogP contribution is -2.22. The number of hydrogen-bond acceptors (Lipinski definition) is 5. The third-order valence-corrected chi connectivity index (χ3v) is 3.67. The van der Waals surface area contributed by atoms with Gasteiger partial charge in [0.25, 0.3) is 0 Å². The zero-order valence-corrected chi connectivity index (χ0v) is 15.4. The summed E-state index contributed by atoms with van der Waals surface area (Å²) in [5.41, 5.74) is 1.92. The highest BCUT2D eigenvalue weighted by Gasteiger charge is 2.09. The molecule has 26 heavy (non-hydrogen) atoms. The van der Waals surface area contributed by atoms with E-state index in [1.54, 1.807) is 24.3 Å². The van der Waals surface area contributed by atoms with E-state index >= 15 is 0 Å². The van der Waals surface area contributed by atoms with E-state index in [-0.39, 0.29) is 6.61 Å². The summed E-state index contributed by atoms with van der Waals surface area (Å²) in [5, 5.41) is 2.71. The number of hydrogen-bond donors (Lipinski definition) is 1. The zero-order chi connectivity index (χ0) is 18.8. The summed E-state index contributed by atoms with van der Waals surface area (Å²) in [4.78, 5) is 12.0. The molecule has 0 aliphatic heterocycles. The summed E-state index contributed by atoms with van der Waals surface area (Å²) >= 11 is 0. The van der Waals surface area contributed by atoms with Crippen LogP contribution in [0.2, 0.25) is 0 Å². The van der Waals surface area contributed by atoms with E-state index in [9.17, 15) is 4.79 Å². The molecule has 0 saturated heterocycles. The van der Waals surface area contributed by atoms with Crippen LogP contribution in [0, 0.1) is 0 Å². The lowest BCUT2D eigenvalue weighted by Gasteiger charge is -2.14. The number of carbonyl (C=O) groups excluding carboxylic acids is 1. The molecule has 0 fully saturated rings. The van der Waals surface area contributed by atoms with E-state index in [0.717, 1.165) is 12.8 Å². The first-order chi connectivity index (χ1) is 12.6. The van der Waals surface area contributed by atoms with Gasteiger partial charge in [-0.1, -0.05) is 31.5 Å². The largest absolute Gasteiger partial charge is 0.488 e. The maximum atomic E-state index is 12.0. The van der Waals surface area contributed by atoms with Crippen molar-refractivity contribution in [3.05, 3.63) is 54.1 Å². The minimum absolute atomic E-state index is 0.229. The minimum Gasteiger partial charge on any atom is -0.488 e. The molecule has 1 amide bonds. The molecule has 0 aliphatic carbocycles. The lowest BCUT2D eigenvalue weighted by molar-refractivity contribution is -0.121. The van der Waals surface area contributed by atoms with Gasteiger partial charge in [-0.15, -0.1) is 0 Å². The highest BCUT2D eigenvalue weighted by atomic mass is 16.7. The molecule has 0 spiro atoms. The number of aryl methyl sites for hydroxylation is 1. The van der Waals surface area contributed by atoms with E-state index < -0.39 is 12.4 Å². The summed E-state index contributed by atoms with van der Waals surface area (Å²) in [6, 6.07) is 14.5. The van der Waals surface area contributed by atoms with E-state index in [4.69, 9.17) is 18.9 Å². The highest BCUT2D eigenvalue weighted by molar-refractivity contribution is 5.86. The maximum Gasteiger partial charge on any atom is 0.417 e. The number of benzene rings is 2. The van der Waals surface area contributed by atoms with Crippen LogP contribution < -0.4 is 14.8 Å². The molecule has 0 aliphatic rings. The SMILES string of the molecule is CCCc1ccc(NC(=O)Oc2cccc(OCC(OC)OC)c2)cc1. The van der Waals surface area contributed by atoms with Gasteiger partial charge in [-0.05, 0) is 36.2 Å². The van der Waals surface area contributed by atoms with Crippen molar-refractivity contribution in [2.45, 2.75) is 26.1 Å². The van der Waals surface area contributed by atoms with Gasteiger partial charge in [0.05, 0.1) is 0 Å². The zero-order valence-electron chi connectivity index (χ0n) is 15.4. The standard InChI is InChI=1S/C20H25NO5/c1-4-6-15-9-11-16(12-10-15)21-20(22)26-18-8-5-7-17(13-18)25-14-19(23-2)24-3/h5,7-13,19H,4,6,14H2,1-3H3,(H,21,22). The van der Waals surface area contributed by atoms with Crippen molar-refractivity contribution in [3.8, 4) is 11.5 Å².